The molecule has 2 heterocycles. The van der Waals surface area contributed by atoms with Crippen LogP contribution in [-0.4, -0.2) is 38.4 Å². The zero-order chi connectivity index (χ0) is 20.1. The molecule has 8 heteroatoms. The summed E-state index contributed by atoms with van der Waals surface area (Å²) in [5.74, 6) is -2.48. The van der Waals surface area contributed by atoms with Crippen LogP contribution in [0.1, 0.15) is 15.9 Å². The predicted octanol–water partition coefficient (Wildman–Crippen LogP) is 0.878. The summed E-state index contributed by atoms with van der Waals surface area (Å²) in [6.07, 6.45) is 4.80. The number of Topliss-reactive ketones (excluding diaryl/α,β-unsaturated/α-hetero) is 1. The Morgan fingerprint density at radius 2 is 1.86 bits per heavy atom. The van der Waals surface area contributed by atoms with Crippen molar-refractivity contribution >= 4 is 17.6 Å². The monoisotopic (exact) mass is 377 g/mol. The minimum atomic E-state index is -1.10. The number of primary amides is 1. The molecule has 0 unspecified atom stereocenters. The van der Waals surface area contributed by atoms with E-state index in [4.69, 9.17) is 5.73 Å². The average Bonchev–Trinajstić information content (AvgIpc) is 3.09. The number of aromatic nitrogens is 3. The van der Waals surface area contributed by atoms with Gasteiger partial charge in [-0.3, -0.25) is 24.0 Å². The van der Waals surface area contributed by atoms with E-state index in [-0.39, 0.29) is 12.0 Å². The number of nitrogens with two attached hydrogens (primary N) is 1. The van der Waals surface area contributed by atoms with Crippen molar-refractivity contribution < 1.29 is 14.4 Å². The van der Waals surface area contributed by atoms with E-state index in [9.17, 15) is 14.4 Å². The largest absolute Gasteiger partial charge is 0.363 e. The Morgan fingerprint density at radius 3 is 2.50 bits per heavy atom. The smallest absolute Gasteiger partial charge is 0.287 e. The van der Waals surface area contributed by atoms with Crippen LogP contribution < -0.4 is 11.1 Å². The number of aryl methyl sites for hydroxylation is 1. The summed E-state index contributed by atoms with van der Waals surface area (Å²) in [6.45, 7) is 0. The number of pyridine rings is 1. The number of benzene rings is 1. The third kappa shape index (κ3) is 4.12. The third-order valence-corrected chi connectivity index (χ3v) is 4.27. The van der Waals surface area contributed by atoms with Crippen molar-refractivity contribution in [2.45, 2.75) is 12.5 Å². The number of nitrogens with zero attached hydrogens (tertiary/aromatic N) is 3. The molecule has 8 nitrogen and oxygen atoms in total. The quantitative estimate of drug-likeness (QED) is 0.592. The molecule has 0 saturated heterocycles. The molecule has 0 bridgehead atoms. The maximum atomic E-state index is 12.9. The van der Waals surface area contributed by atoms with Crippen molar-refractivity contribution in [1.29, 1.82) is 0 Å². The molecule has 0 aliphatic rings. The minimum absolute atomic E-state index is 0.150. The molecule has 1 aromatic carbocycles. The van der Waals surface area contributed by atoms with Crippen LogP contribution in [0.25, 0.3) is 11.3 Å². The van der Waals surface area contributed by atoms with Crippen LogP contribution in [0.2, 0.25) is 0 Å². The Balaban J connectivity index is 1.89. The van der Waals surface area contributed by atoms with Gasteiger partial charge in [-0.15, -0.1) is 0 Å². The Hall–Kier alpha value is -3.81. The van der Waals surface area contributed by atoms with Crippen molar-refractivity contribution in [3.63, 3.8) is 0 Å². The van der Waals surface area contributed by atoms with Gasteiger partial charge >= 0.3 is 0 Å². The lowest BCUT2D eigenvalue weighted by atomic mass is 10.0. The molecule has 28 heavy (non-hydrogen) atoms. The van der Waals surface area contributed by atoms with E-state index in [0.717, 1.165) is 5.56 Å². The van der Waals surface area contributed by atoms with Crippen molar-refractivity contribution in [3.8, 4) is 11.3 Å². The summed E-state index contributed by atoms with van der Waals surface area (Å²) < 4.78 is 1.55. The third-order valence-electron chi connectivity index (χ3n) is 4.27. The number of carbonyl (C=O) groups is 3. The van der Waals surface area contributed by atoms with E-state index in [1.807, 2.05) is 18.2 Å². The van der Waals surface area contributed by atoms with Crippen molar-refractivity contribution in [2.75, 3.05) is 0 Å². The zero-order valence-electron chi connectivity index (χ0n) is 15.2. The Morgan fingerprint density at radius 1 is 1.11 bits per heavy atom. The van der Waals surface area contributed by atoms with Crippen molar-refractivity contribution in [2.24, 2.45) is 12.8 Å². The lowest BCUT2D eigenvalue weighted by molar-refractivity contribution is -0.137. The second kappa shape index (κ2) is 8.26. The van der Waals surface area contributed by atoms with Gasteiger partial charge in [-0.25, -0.2) is 0 Å². The van der Waals surface area contributed by atoms with Crippen LogP contribution in [0.5, 0.6) is 0 Å². The molecule has 3 N–H and O–H groups in total. The second-order valence-electron chi connectivity index (χ2n) is 6.22. The van der Waals surface area contributed by atoms with Gasteiger partial charge in [0.25, 0.3) is 11.8 Å². The molecule has 0 spiro atoms. The van der Waals surface area contributed by atoms with E-state index >= 15 is 0 Å². The van der Waals surface area contributed by atoms with Crippen LogP contribution >= 0.6 is 0 Å². The maximum Gasteiger partial charge on any atom is 0.287 e. The molecule has 142 valence electrons. The second-order valence-corrected chi connectivity index (χ2v) is 6.22. The first-order chi connectivity index (χ1) is 13.5. The zero-order valence-corrected chi connectivity index (χ0v) is 15.2. The Labute approximate surface area is 161 Å². The molecule has 0 fully saturated rings. The van der Waals surface area contributed by atoms with Crippen LogP contribution in [0.4, 0.5) is 0 Å². The number of ketones is 1. The first-order valence-electron chi connectivity index (χ1n) is 8.58. The number of carbonyl (C=O) groups excluding carboxylic acids is 3. The SMILES string of the molecule is Cn1ncc(C(=O)N[C@@H](Cc2ccccc2)C(=O)C(N)=O)c1-c1cccnc1. The van der Waals surface area contributed by atoms with Crippen LogP contribution in [0, 0.1) is 0 Å². The fourth-order valence-corrected chi connectivity index (χ4v) is 2.92. The fraction of sp³-hybridized carbons (Fsp3) is 0.150. The first-order valence-corrected chi connectivity index (χ1v) is 8.58. The molecule has 3 aromatic rings. The van der Waals surface area contributed by atoms with E-state index in [0.29, 0.717) is 11.3 Å². The maximum absolute atomic E-state index is 12.9. The Bertz CT molecular complexity index is 999. The number of hydrogen-bond donors (Lipinski definition) is 2. The summed E-state index contributed by atoms with van der Waals surface area (Å²) in [7, 11) is 1.70. The summed E-state index contributed by atoms with van der Waals surface area (Å²) >= 11 is 0. The van der Waals surface area contributed by atoms with Gasteiger partial charge in [-0.1, -0.05) is 30.3 Å². The molecule has 0 saturated carbocycles. The molecule has 0 radical (unpaired) electrons. The summed E-state index contributed by atoms with van der Waals surface area (Å²) in [6, 6.07) is 11.5. The van der Waals surface area contributed by atoms with E-state index in [1.54, 1.807) is 48.4 Å². The highest BCUT2D eigenvalue weighted by atomic mass is 16.2. The van der Waals surface area contributed by atoms with Gasteiger partial charge in [0.05, 0.1) is 17.5 Å². The molecular formula is C20H19N5O3. The van der Waals surface area contributed by atoms with E-state index < -0.39 is 23.6 Å². The van der Waals surface area contributed by atoms with Crippen LogP contribution in [0.3, 0.4) is 0 Å². The van der Waals surface area contributed by atoms with Gasteiger partial charge < -0.3 is 11.1 Å². The lowest BCUT2D eigenvalue weighted by Gasteiger charge is -2.16. The van der Waals surface area contributed by atoms with Gasteiger partial charge in [-0.05, 0) is 17.7 Å². The molecule has 0 aliphatic heterocycles. The average molecular weight is 377 g/mol. The molecule has 0 aliphatic carbocycles. The van der Waals surface area contributed by atoms with Gasteiger partial charge in [0, 0.05) is 31.4 Å². The number of nitrogens with one attached hydrogen (secondary N) is 1. The predicted molar refractivity (Wildman–Crippen MR) is 102 cm³/mol. The summed E-state index contributed by atoms with van der Waals surface area (Å²) in [5, 5.41) is 6.76. The minimum Gasteiger partial charge on any atom is -0.363 e. The van der Waals surface area contributed by atoms with Gasteiger partial charge in [0.1, 0.15) is 6.04 Å². The lowest BCUT2D eigenvalue weighted by Crippen LogP contribution is -2.47. The van der Waals surface area contributed by atoms with Crippen molar-refractivity contribution in [1.82, 2.24) is 20.1 Å². The topological polar surface area (TPSA) is 120 Å². The fourth-order valence-electron chi connectivity index (χ4n) is 2.92. The molecule has 3 rings (SSSR count). The summed E-state index contributed by atoms with van der Waals surface area (Å²) in [4.78, 5) is 40.6. The molecule has 1 atom stereocenters. The molecule has 2 amide bonds. The number of amides is 2. The molecular weight excluding hydrogens is 358 g/mol. The van der Waals surface area contributed by atoms with Gasteiger partial charge in [-0.2, -0.15) is 5.10 Å². The van der Waals surface area contributed by atoms with Crippen LogP contribution in [0.15, 0.2) is 61.1 Å². The highest BCUT2D eigenvalue weighted by Crippen LogP contribution is 2.22. The normalized spacial score (nSPS) is 11.6. The van der Waals surface area contributed by atoms with Crippen molar-refractivity contribution in [3.05, 3.63) is 72.2 Å². The first kappa shape index (κ1) is 19.0. The van der Waals surface area contributed by atoms with E-state index in [1.165, 1.54) is 6.20 Å². The van der Waals surface area contributed by atoms with Gasteiger partial charge in [0.2, 0.25) is 5.78 Å². The van der Waals surface area contributed by atoms with Gasteiger partial charge in [0.15, 0.2) is 0 Å². The highest BCUT2D eigenvalue weighted by Gasteiger charge is 2.27. The van der Waals surface area contributed by atoms with Crippen LogP contribution in [-0.2, 0) is 23.1 Å². The standard InChI is InChI=1S/C20H19N5O3/c1-25-17(14-8-5-9-22-11-14)15(12-23-25)20(28)24-16(18(26)19(21)27)10-13-6-3-2-4-7-13/h2-9,11-12,16H,10H2,1H3,(H2,21,27)(H,24,28)/t16-/m0/s1. The Kier molecular flexibility index (Phi) is 5.59. The highest BCUT2D eigenvalue weighted by molar-refractivity contribution is 6.38. The summed E-state index contributed by atoms with van der Waals surface area (Å²) in [5.41, 5.74) is 7.48. The van der Waals surface area contributed by atoms with E-state index in [2.05, 4.69) is 15.4 Å². The number of rotatable bonds is 7. The molecule has 2 aromatic heterocycles. The number of hydrogen-bond acceptors (Lipinski definition) is 5.